The van der Waals surface area contributed by atoms with Gasteiger partial charge in [0.15, 0.2) is 0 Å². The van der Waals surface area contributed by atoms with Gasteiger partial charge in [-0.3, -0.25) is 9.89 Å². The Kier molecular flexibility index (Phi) is 3.05. The highest BCUT2D eigenvalue weighted by atomic mass is 19.4. The van der Waals surface area contributed by atoms with Crippen LogP contribution in [0.2, 0.25) is 0 Å². The Labute approximate surface area is 99.8 Å². The first-order valence-electron chi connectivity index (χ1n) is 4.95. The fourth-order valence-corrected chi connectivity index (χ4v) is 1.45. The van der Waals surface area contributed by atoms with Gasteiger partial charge in [-0.15, -0.1) is 0 Å². The molecule has 0 aliphatic heterocycles. The summed E-state index contributed by atoms with van der Waals surface area (Å²) in [5.74, 6) is -0.829. The van der Waals surface area contributed by atoms with Crippen LogP contribution in [0.15, 0.2) is 36.7 Å². The van der Waals surface area contributed by atoms with Crippen molar-refractivity contribution in [3.63, 3.8) is 0 Å². The molecule has 0 atom stereocenters. The summed E-state index contributed by atoms with van der Waals surface area (Å²) in [5.41, 5.74) is -1.09. The smallest absolute Gasteiger partial charge is 0.319 e. The quantitative estimate of drug-likeness (QED) is 0.866. The van der Waals surface area contributed by atoms with Crippen LogP contribution in [0.3, 0.4) is 0 Å². The van der Waals surface area contributed by atoms with Crippen molar-refractivity contribution in [1.82, 2.24) is 10.2 Å². The standard InChI is InChI=1S/C11H8F3N3O/c12-11(13,14)9-4-2-1-3-8(9)10(18)17-7-5-15-16-6-7/h1-6H,(H,15,16)(H,17,18). The minimum absolute atomic E-state index is 0.303. The van der Waals surface area contributed by atoms with Crippen molar-refractivity contribution >= 4 is 11.6 Å². The van der Waals surface area contributed by atoms with Crippen LogP contribution in [-0.4, -0.2) is 16.1 Å². The van der Waals surface area contributed by atoms with Gasteiger partial charge in [-0.2, -0.15) is 18.3 Å². The number of carbonyl (C=O) groups excluding carboxylic acids is 1. The monoisotopic (exact) mass is 255 g/mol. The van der Waals surface area contributed by atoms with Gasteiger partial charge in [0.25, 0.3) is 5.91 Å². The molecule has 2 rings (SSSR count). The van der Waals surface area contributed by atoms with E-state index in [4.69, 9.17) is 0 Å². The first kappa shape index (κ1) is 12.2. The molecule has 0 spiro atoms. The zero-order chi connectivity index (χ0) is 13.2. The van der Waals surface area contributed by atoms with Gasteiger partial charge in [-0.25, -0.2) is 0 Å². The number of hydrogen-bond acceptors (Lipinski definition) is 2. The molecule has 1 aromatic carbocycles. The second-order valence-electron chi connectivity index (χ2n) is 3.48. The average molecular weight is 255 g/mol. The van der Waals surface area contributed by atoms with E-state index in [-0.39, 0.29) is 0 Å². The number of anilines is 1. The number of hydrogen-bond donors (Lipinski definition) is 2. The van der Waals surface area contributed by atoms with E-state index in [1.54, 1.807) is 0 Å². The largest absolute Gasteiger partial charge is 0.417 e. The van der Waals surface area contributed by atoms with Crippen molar-refractivity contribution in [1.29, 1.82) is 0 Å². The van der Waals surface area contributed by atoms with E-state index in [0.717, 1.165) is 12.1 Å². The summed E-state index contributed by atoms with van der Waals surface area (Å²) in [4.78, 5) is 11.7. The molecule has 0 fully saturated rings. The van der Waals surface area contributed by atoms with Gasteiger partial charge in [-0.1, -0.05) is 12.1 Å². The summed E-state index contributed by atoms with van der Waals surface area (Å²) < 4.78 is 38.1. The molecule has 1 heterocycles. The van der Waals surface area contributed by atoms with E-state index >= 15 is 0 Å². The van der Waals surface area contributed by atoms with Crippen molar-refractivity contribution in [3.05, 3.63) is 47.8 Å². The van der Waals surface area contributed by atoms with Crippen LogP contribution in [0.5, 0.6) is 0 Å². The molecule has 0 saturated heterocycles. The number of nitrogens with one attached hydrogen (secondary N) is 2. The molecule has 4 nitrogen and oxygen atoms in total. The first-order valence-corrected chi connectivity index (χ1v) is 4.95. The van der Waals surface area contributed by atoms with Crippen molar-refractivity contribution in [2.75, 3.05) is 5.32 Å². The molecule has 0 saturated carbocycles. The predicted molar refractivity (Wildman–Crippen MR) is 58.0 cm³/mol. The molecule has 2 N–H and O–H groups in total. The van der Waals surface area contributed by atoms with E-state index in [1.807, 2.05) is 0 Å². The fraction of sp³-hybridized carbons (Fsp3) is 0.0909. The zero-order valence-corrected chi connectivity index (χ0v) is 8.95. The van der Waals surface area contributed by atoms with Gasteiger partial charge in [-0.05, 0) is 12.1 Å². The Morgan fingerprint density at radius 3 is 2.61 bits per heavy atom. The summed E-state index contributed by atoms with van der Waals surface area (Å²) in [7, 11) is 0. The van der Waals surface area contributed by atoms with Gasteiger partial charge in [0.1, 0.15) is 0 Å². The maximum atomic E-state index is 12.7. The summed E-state index contributed by atoms with van der Waals surface area (Å²) in [6, 6.07) is 4.60. The number of aromatic amines is 1. The van der Waals surface area contributed by atoms with Crippen LogP contribution < -0.4 is 5.32 Å². The summed E-state index contributed by atoms with van der Waals surface area (Å²) >= 11 is 0. The molecule has 7 heteroatoms. The second kappa shape index (κ2) is 4.52. The van der Waals surface area contributed by atoms with Crippen LogP contribution in [0.1, 0.15) is 15.9 Å². The average Bonchev–Trinajstić information content (AvgIpc) is 2.80. The molecule has 0 aliphatic rings. The van der Waals surface area contributed by atoms with Crippen molar-refractivity contribution in [2.24, 2.45) is 0 Å². The Morgan fingerprint density at radius 2 is 2.00 bits per heavy atom. The minimum atomic E-state index is -4.57. The molecule has 1 amide bonds. The number of rotatable bonds is 2. The lowest BCUT2D eigenvalue weighted by Crippen LogP contribution is -2.18. The van der Waals surface area contributed by atoms with E-state index < -0.39 is 23.2 Å². The number of carbonyl (C=O) groups is 1. The minimum Gasteiger partial charge on any atom is -0.319 e. The lowest BCUT2D eigenvalue weighted by molar-refractivity contribution is -0.137. The third-order valence-corrected chi connectivity index (χ3v) is 2.23. The van der Waals surface area contributed by atoms with Crippen LogP contribution in [0.4, 0.5) is 18.9 Å². The molecular formula is C11H8F3N3O. The Balaban J connectivity index is 2.31. The molecular weight excluding hydrogens is 247 g/mol. The van der Waals surface area contributed by atoms with Crippen LogP contribution in [0.25, 0.3) is 0 Å². The molecule has 0 bridgehead atoms. The molecule has 18 heavy (non-hydrogen) atoms. The number of nitrogens with zero attached hydrogens (tertiary/aromatic N) is 1. The molecule has 1 aromatic heterocycles. The van der Waals surface area contributed by atoms with Gasteiger partial charge in [0.05, 0.1) is 23.0 Å². The summed E-state index contributed by atoms with van der Waals surface area (Å²) in [6.45, 7) is 0. The van der Waals surface area contributed by atoms with Gasteiger partial charge in [0.2, 0.25) is 0 Å². The maximum Gasteiger partial charge on any atom is 0.417 e. The number of amides is 1. The second-order valence-corrected chi connectivity index (χ2v) is 3.48. The maximum absolute atomic E-state index is 12.7. The third kappa shape index (κ3) is 2.50. The lowest BCUT2D eigenvalue weighted by Gasteiger charge is -2.11. The number of halogens is 3. The van der Waals surface area contributed by atoms with E-state index in [2.05, 4.69) is 15.5 Å². The molecule has 0 radical (unpaired) electrons. The highest BCUT2D eigenvalue weighted by Crippen LogP contribution is 2.32. The predicted octanol–water partition coefficient (Wildman–Crippen LogP) is 2.68. The number of aromatic nitrogens is 2. The first-order chi connectivity index (χ1) is 8.48. The number of benzene rings is 1. The van der Waals surface area contributed by atoms with Gasteiger partial charge < -0.3 is 5.32 Å². The number of H-pyrrole nitrogens is 1. The highest BCUT2D eigenvalue weighted by Gasteiger charge is 2.34. The van der Waals surface area contributed by atoms with Gasteiger partial charge >= 0.3 is 6.18 Å². The zero-order valence-electron chi connectivity index (χ0n) is 8.95. The van der Waals surface area contributed by atoms with Crippen molar-refractivity contribution in [3.8, 4) is 0 Å². The summed E-state index contributed by atoms with van der Waals surface area (Å²) in [5, 5.41) is 8.34. The summed E-state index contributed by atoms with van der Waals surface area (Å²) in [6.07, 6.45) is -1.90. The fourth-order valence-electron chi connectivity index (χ4n) is 1.45. The Hall–Kier alpha value is -2.31. The van der Waals surface area contributed by atoms with E-state index in [0.29, 0.717) is 5.69 Å². The molecule has 0 aliphatic carbocycles. The normalized spacial score (nSPS) is 11.3. The van der Waals surface area contributed by atoms with Crippen LogP contribution in [-0.2, 0) is 6.18 Å². The van der Waals surface area contributed by atoms with E-state index in [9.17, 15) is 18.0 Å². The van der Waals surface area contributed by atoms with Crippen molar-refractivity contribution in [2.45, 2.75) is 6.18 Å². The Morgan fingerprint density at radius 1 is 1.28 bits per heavy atom. The van der Waals surface area contributed by atoms with E-state index in [1.165, 1.54) is 24.5 Å². The topological polar surface area (TPSA) is 57.8 Å². The SMILES string of the molecule is O=C(Nc1cn[nH]c1)c1ccccc1C(F)(F)F. The lowest BCUT2D eigenvalue weighted by atomic mass is 10.1. The molecule has 94 valence electrons. The Bertz CT molecular complexity index is 549. The van der Waals surface area contributed by atoms with Crippen molar-refractivity contribution < 1.29 is 18.0 Å². The van der Waals surface area contributed by atoms with Crippen LogP contribution >= 0.6 is 0 Å². The van der Waals surface area contributed by atoms with Crippen LogP contribution in [0, 0.1) is 0 Å². The molecule has 0 unspecified atom stereocenters. The number of alkyl halides is 3. The molecule has 2 aromatic rings. The highest BCUT2D eigenvalue weighted by molar-refractivity contribution is 6.05. The van der Waals surface area contributed by atoms with Gasteiger partial charge in [0, 0.05) is 6.20 Å². The third-order valence-electron chi connectivity index (χ3n) is 2.23.